The normalized spacial score (nSPS) is 11.2. The van der Waals surface area contributed by atoms with Crippen LogP contribution in [0.15, 0.2) is 128 Å². The molecule has 0 aliphatic rings. The number of hydrogen-bond donors (Lipinski definition) is 5. The maximum atomic E-state index is 12.9. The van der Waals surface area contributed by atoms with Crippen LogP contribution in [0.5, 0.6) is 0 Å². The summed E-state index contributed by atoms with van der Waals surface area (Å²) >= 11 is 0. The number of aromatic nitrogens is 4. The minimum Gasteiger partial charge on any atom is -0.477 e. The summed E-state index contributed by atoms with van der Waals surface area (Å²) in [6, 6.07) is 30.8. The molecular formula is C53H58N8O9. The number of rotatable bonds is 12. The third-order valence-corrected chi connectivity index (χ3v) is 10.4. The highest BCUT2D eigenvalue weighted by Gasteiger charge is 2.21. The number of hydrogen-bond acceptors (Lipinski definition) is 8. The Morgan fingerprint density at radius 3 is 1.23 bits per heavy atom. The van der Waals surface area contributed by atoms with Crippen molar-refractivity contribution >= 4 is 58.5 Å². The number of ketones is 1. The summed E-state index contributed by atoms with van der Waals surface area (Å²) in [5, 5.41) is 20.2. The molecule has 4 amide bonds. The molecule has 5 N–H and O–H groups in total. The van der Waals surface area contributed by atoms with Crippen LogP contribution in [0.4, 0.5) is 32.3 Å². The van der Waals surface area contributed by atoms with Gasteiger partial charge in [-0.3, -0.25) is 25.0 Å². The first-order valence-electron chi connectivity index (χ1n) is 22.2. The van der Waals surface area contributed by atoms with Crippen molar-refractivity contribution < 1.29 is 43.3 Å². The molecule has 0 unspecified atom stereocenters. The largest absolute Gasteiger partial charge is 0.477 e. The van der Waals surface area contributed by atoms with Crippen molar-refractivity contribution in [2.75, 3.05) is 21.3 Å². The molecule has 0 aliphatic heterocycles. The van der Waals surface area contributed by atoms with Gasteiger partial charge >= 0.3 is 18.2 Å². The van der Waals surface area contributed by atoms with Crippen LogP contribution < -0.4 is 21.3 Å². The number of carbonyl (C=O) groups is 6. The van der Waals surface area contributed by atoms with Crippen molar-refractivity contribution in [2.45, 2.75) is 59.2 Å². The van der Waals surface area contributed by atoms with Crippen molar-refractivity contribution in [3.63, 3.8) is 0 Å². The summed E-state index contributed by atoms with van der Waals surface area (Å²) in [6.45, 7) is 10.7. The molecule has 17 heteroatoms. The van der Waals surface area contributed by atoms with Gasteiger partial charge in [-0.15, -0.1) is 0 Å². The fourth-order valence-corrected chi connectivity index (χ4v) is 7.25. The van der Waals surface area contributed by atoms with E-state index < -0.39 is 29.4 Å². The minimum absolute atomic E-state index is 0.0527. The number of nitrogens with one attached hydrogen (secondary N) is 4. The molecule has 4 aromatic heterocycles. The Morgan fingerprint density at radius 1 is 0.457 bits per heavy atom. The van der Waals surface area contributed by atoms with Crippen LogP contribution >= 0.6 is 0 Å². The summed E-state index contributed by atoms with van der Waals surface area (Å²) < 4.78 is 17.1. The Labute approximate surface area is 406 Å². The van der Waals surface area contributed by atoms with Crippen LogP contribution in [0.25, 0.3) is 22.3 Å². The molecule has 0 saturated heterocycles. The number of aromatic carboxylic acids is 1. The number of benzene rings is 3. The molecule has 70 heavy (non-hydrogen) atoms. The van der Waals surface area contributed by atoms with Crippen LogP contribution in [-0.2, 0) is 44.1 Å². The zero-order chi connectivity index (χ0) is 51.1. The highest BCUT2D eigenvalue weighted by molar-refractivity contribution is 6.05. The first-order valence-corrected chi connectivity index (χ1v) is 22.2. The van der Waals surface area contributed by atoms with E-state index in [2.05, 4.69) is 21.3 Å². The molecule has 7 rings (SSSR count). The summed E-state index contributed by atoms with van der Waals surface area (Å²) in [5.41, 5.74) is 6.85. The van der Waals surface area contributed by atoms with E-state index in [4.69, 9.17) is 9.47 Å². The lowest BCUT2D eigenvalue weighted by atomic mass is 10.1. The highest BCUT2D eigenvalue weighted by Crippen LogP contribution is 2.27. The fraction of sp³-hybridized carbons (Fsp3) is 0.245. The van der Waals surface area contributed by atoms with Crippen molar-refractivity contribution in [1.82, 2.24) is 18.3 Å². The molecule has 0 spiro atoms. The lowest BCUT2D eigenvalue weighted by molar-refractivity contribution is 0.0624. The number of Topliss-reactive ketones (excluding diaryl/α,β-unsaturated/α-hetero) is 1. The molecule has 364 valence electrons. The number of carboxylic acid groups (broad SMARTS) is 1. The Hall–Kier alpha value is -8.60. The standard InChI is InChI=1S/C30H32N4O4.C23H26N4O5/c1-30(2,3)38-29(37)32-24-17-26(34(5)19-24)28(36)31-23-13-11-21(12-14-23)22-16-25(33(4)18-22)27(35)15-20-9-7-6-8-10-20;1-23(2,3)32-22(31)25-17-11-18(27(5)13-17)20(28)24-16-8-6-14(7-9-16)15-10-19(21(29)30)26(4)12-15/h6-14,16-19H,15H2,1-5H3,(H,31,36)(H,32,37);6-13H,1-5H3,(H,24,28)(H,25,31)(H,29,30). The van der Waals surface area contributed by atoms with E-state index in [1.54, 1.807) is 137 Å². The number of carbonyl (C=O) groups excluding carboxylic acids is 5. The quantitative estimate of drug-likeness (QED) is 0.0737. The molecule has 0 aliphatic carbocycles. The average molecular weight is 951 g/mol. The molecule has 0 atom stereocenters. The molecule has 0 fully saturated rings. The number of aryl methyl sites for hydroxylation is 4. The summed E-state index contributed by atoms with van der Waals surface area (Å²) in [5.74, 6) is -1.60. The van der Waals surface area contributed by atoms with Crippen molar-refractivity contribution in [1.29, 1.82) is 0 Å². The van der Waals surface area contributed by atoms with E-state index in [0.29, 0.717) is 46.3 Å². The van der Waals surface area contributed by atoms with E-state index in [0.717, 1.165) is 27.8 Å². The topological polar surface area (TPSA) is 209 Å². The number of ether oxygens (including phenoxy) is 2. The highest BCUT2D eigenvalue weighted by atomic mass is 16.6. The van der Waals surface area contributed by atoms with Crippen LogP contribution in [-0.4, -0.2) is 70.3 Å². The lowest BCUT2D eigenvalue weighted by Gasteiger charge is -2.19. The summed E-state index contributed by atoms with van der Waals surface area (Å²) in [6.07, 6.45) is 6.09. The molecule has 0 radical (unpaired) electrons. The van der Waals surface area contributed by atoms with Crippen LogP contribution in [0.3, 0.4) is 0 Å². The molecule has 0 bridgehead atoms. The fourth-order valence-electron chi connectivity index (χ4n) is 7.25. The number of carboxylic acids is 1. The van der Waals surface area contributed by atoms with Gasteiger partial charge in [0.25, 0.3) is 11.8 Å². The second-order valence-electron chi connectivity index (χ2n) is 18.6. The summed E-state index contributed by atoms with van der Waals surface area (Å²) in [4.78, 5) is 73.6. The van der Waals surface area contributed by atoms with Gasteiger partial charge in [-0.1, -0.05) is 54.6 Å². The van der Waals surface area contributed by atoms with Gasteiger partial charge in [0.05, 0.1) is 17.1 Å². The first kappa shape index (κ1) is 50.8. The number of nitrogens with zero attached hydrogens (tertiary/aromatic N) is 4. The van der Waals surface area contributed by atoms with E-state index in [1.807, 2.05) is 78.5 Å². The van der Waals surface area contributed by atoms with Gasteiger partial charge in [-0.25, -0.2) is 14.4 Å². The maximum Gasteiger partial charge on any atom is 0.412 e. The van der Waals surface area contributed by atoms with Crippen LogP contribution in [0.2, 0.25) is 0 Å². The Kier molecular flexibility index (Phi) is 15.3. The molecule has 17 nitrogen and oxygen atoms in total. The Bertz CT molecular complexity index is 3030. The third-order valence-electron chi connectivity index (χ3n) is 10.4. The Morgan fingerprint density at radius 2 is 0.843 bits per heavy atom. The monoisotopic (exact) mass is 950 g/mol. The van der Waals surface area contributed by atoms with Gasteiger partial charge in [-0.05, 0) is 107 Å². The van der Waals surface area contributed by atoms with Gasteiger partial charge in [0, 0.05) is 81.9 Å². The second kappa shape index (κ2) is 21.1. The van der Waals surface area contributed by atoms with Gasteiger partial charge in [0.1, 0.15) is 28.3 Å². The van der Waals surface area contributed by atoms with Crippen molar-refractivity contribution in [2.24, 2.45) is 28.2 Å². The summed E-state index contributed by atoms with van der Waals surface area (Å²) in [7, 11) is 6.97. The molecule has 3 aromatic carbocycles. The molecule has 7 aromatic rings. The van der Waals surface area contributed by atoms with Crippen LogP contribution in [0, 0.1) is 0 Å². The predicted octanol–water partition coefficient (Wildman–Crippen LogP) is 10.4. The lowest BCUT2D eigenvalue weighted by Crippen LogP contribution is -2.27. The van der Waals surface area contributed by atoms with Gasteiger partial charge in [0.2, 0.25) is 0 Å². The zero-order valence-electron chi connectivity index (χ0n) is 40.8. The number of anilines is 4. The predicted molar refractivity (Wildman–Crippen MR) is 270 cm³/mol. The molecular weight excluding hydrogens is 893 g/mol. The number of amides is 4. The SMILES string of the molecule is Cn1cc(-c2ccc(NC(=O)c3cc(NC(=O)OC(C)(C)C)cn3C)cc2)cc1C(=O)Cc1ccccc1.Cn1cc(-c2ccc(NC(=O)c3cc(NC(=O)OC(C)(C)C)cn3C)cc2)cc1C(=O)O. The Balaban J connectivity index is 0.000000233. The third kappa shape index (κ3) is 13.7. The smallest absolute Gasteiger partial charge is 0.412 e. The molecule has 0 saturated carbocycles. The average Bonchev–Trinajstić information content (AvgIpc) is 4.05. The van der Waals surface area contributed by atoms with Gasteiger partial charge in [-0.2, -0.15) is 0 Å². The second-order valence-corrected chi connectivity index (χ2v) is 18.6. The van der Waals surface area contributed by atoms with Crippen LogP contribution in [0.1, 0.15) is 89.1 Å². The van der Waals surface area contributed by atoms with E-state index in [1.165, 1.54) is 0 Å². The van der Waals surface area contributed by atoms with Crippen molar-refractivity contribution in [3.05, 3.63) is 156 Å². The minimum atomic E-state index is -0.995. The van der Waals surface area contributed by atoms with Gasteiger partial charge in [0.15, 0.2) is 5.78 Å². The molecule has 4 heterocycles. The van der Waals surface area contributed by atoms with E-state index in [9.17, 15) is 33.9 Å². The van der Waals surface area contributed by atoms with E-state index in [-0.39, 0.29) is 23.3 Å². The zero-order valence-corrected chi connectivity index (χ0v) is 40.8. The van der Waals surface area contributed by atoms with Gasteiger partial charge < -0.3 is 43.5 Å². The first-order chi connectivity index (χ1) is 32.9. The van der Waals surface area contributed by atoms with E-state index >= 15 is 0 Å². The maximum absolute atomic E-state index is 12.9. The van der Waals surface area contributed by atoms with Crippen molar-refractivity contribution in [3.8, 4) is 22.3 Å².